The number of ether oxygens (including phenoxy) is 1. The molecular formula is C15H10F3N3O3. The molecule has 1 heterocycles. The highest BCUT2D eigenvalue weighted by Crippen LogP contribution is 2.33. The number of nitro benzene ring substituents is 1. The molecule has 0 saturated heterocycles. The van der Waals surface area contributed by atoms with Gasteiger partial charge in [0.1, 0.15) is 5.75 Å². The molecule has 6 nitrogen and oxygen atoms in total. The molecule has 3 rings (SSSR count). The molecule has 0 fully saturated rings. The number of aryl methyl sites for hydroxylation is 1. The molecule has 0 spiro atoms. The third kappa shape index (κ3) is 3.00. The number of hydrogen-bond acceptors (Lipinski definition) is 4. The Morgan fingerprint density at radius 1 is 1.21 bits per heavy atom. The van der Waals surface area contributed by atoms with Crippen LogP contribution in [0.4, 0.5) is 18.9 Å². The van der Waals surface area contributed by atoms with Gasteiger partial charge in [0, 0.05) is 24.7 Å². The minimum absolute atomic E-state index is 0.128. The fourth-order valence-corrected chi connectivity index (χ4v) is 2.38. The topological polar surface area (TPSA) is 70.2 Å². The maximum atomic E-state index is 12.2. The SMILES string of the molecule is Cn1cnc2c(-c3ccc(OC(F)(F)F)cc3)cc([N+](=O)[O-])cc21. The molecular weight excluding hydrogens is 327 g/mol. The molecule has 0 saturated carbocycles. The number of alkyl halides is 3. The molecule has 9 heteroatoms. The van der Waals surface area contributed by atoms with Crippen LogP contribution in [0.2, 0.25) is 0 Å². The van der Waals surface area contributed by atoms with E-state index in [1.165, 1.54) is 30.6 Å². The van der Waals surface area contributed by atoms with Crippen molar-refractivity contribution in [3.63, 3.8) is 0 Å². The van der Waals surface area contributed by atoms with Gasteiger partial charge < -0.3 is 9.30 Å². The highest BCUT2D eigenvalue weighted by Gasteiger charge is 2.31. The number of aromatic nitrogens is 2. The number of nitrogens with zero attached hydrogens (tertiary/aromatic N) is 3. The second-order valence-electron chi connectivity index (χ2n) is 5.05. The lowest BCUT2D eigenvalue weighted by Crippen LogP contribution is -2.16. The largest absolute Gasteiger partial charge is 0.573 e. The van der Waals surface area contributed by atoms with Crippen LogP contribution >= 0.6 is 0 Å². The maximum absolute atomic E-state index is 12.2. The van der Waals surface area contributed by atoms with Gasteiger partial charge in [0.05, 0.1) is 22.3 Å². The summed E-state index contributed by atoms with van der Waals surface area (Å²) in [5, 5.41) is 11.1. The predicted octanol–water partition coefficient (Wildman–Crippen LogP) is 4.05. The Hall–Kier alpha value is -3.10. The van der Waals surface area contributed by atoms with E-state index in [9.17, 15) is 23.3 Å². The molecule has 1 aromatic heterocycles. The molecule has 0 aliphatic carbocycles. The lowest BCUT2D eigenvalue weighted by Gasteiger charge is -2.09. The highest BCUT2D eigenvalue weighted by atomic mass is 19.4. The van der Waals surface area contributed by atoms with E-state index in [1.807, 2.05) is 0 Å². The molecule has 0 aliphatic rings. The summed E-state index contributed by atoms with van der Waals surface area (Å²) < 4.78 is 42.1. The molecule has 24 heavy (non-hydrogen) atoms. The summed E-state index contributed by atoms with van der Waals surface area (Å²) in [6.07, 6.45) is -3.26. The van der Waals surface area contributed by atoms with E-state index in [2.05, 4.69) is 9.72 Å². The van der Waals surface area contributed by atoms with E-state index >= 15 is 0 Å². The van der Waals surface area contributed by atoms with Crippen LogP contribution in [0.3, 0.4) is 0 Å². The van der Waals surface area contributed by atoms with E-state index in [-0.39, 0.29) is 11.4 Å². The Bertz CT molecular complexity index is 917. The Labute approximate surface area is 133 Å². The van der Waals surface area contributed by atoms with Crippen LogP contribution in [0.5, 0.6) is 5.75 Å². The third-order valence-electron chi connectivity index (χ3n) is 3.42. The fourth-order valence-electron chi connectivity index (χ4n) is 2.38. The molecule has 0 atom stereocenters. The van der Waals surface area contributed by atoms with Gasteiger partial charge in [0.2, 0.25) is 0 Å². The monoisotopic (exact) mass is 337 g/mol. The van der Waals surface area contributed by atoms with Gasteiger partial charge in [0.25, 0.3) is 5.69 Å². The van der Waals surface area contributed by atoms with E-state index in [4.69, 9.17) is 0 Å². The summed E-state index contributed by atoms with van der Waals surface area (Å²) in [7, 11) is 1.70. The molecule has 0 unspecified atom stereocenters. The van der Waals surface area contributed by atoms with Crippen LogP contribution in [-0.4, -0.2) is 20.8 Å². The van der Waals surface area contributed by atoms with Gasteiger partial charge in [-0.25, -0.2) is 4.98 Å². The maximum Gasteiger partial charge on any atom is 0.573 e. The first-order valence-electron chi connectivity index (χ1n) is 6.70. The molecule has 0 aliphatic heterocycles. The van der Waals surface area contributed by atoms with Crippen LogP contribution in [-0.2, 0) is 7.05 Å². The van der Waals surface area contributed by atoms with Gasteiger partial charge >= 0.3 is 6.36 Å². The summed E-state index contributed by atoms with van der Waals surface area (Å²) in [5.74, 6) is -0.367. The van der Waals surface area contributed by atoms with Crippen molar-refractivity contribution >= 4 is 16.7 Å². The normalized spacial score (nSPS) is 11.7. The molecule has 2 aromatic carbocycles. The summed E-state index contributed by atoms with van der Waals surface area (Å²) in [6, 6.07) is 7.83. The number of non-ortho nitro benzene ring substituents is 1. The number of rotatable bonds is 3. The van der Waals surface area contributed by atoms with Crippen molar-refractivity contribution in [3.8, 4) is 16.9 Å². The average Bonchev–Trinajstić information content (AvgIpc) is 2.87. The van der Waals surface area contributed by atoms with Crippen LogP contribution in [0.1, 0.15) is 0 Å². The highest BCUT2D eigenvalue weighted by molar-refractivity contribution is 5.94. The Morgan fingerprint density at radius 2 is 1.88 bits per heavy atom. The van der Waals surface area contributed by atoms with E-state index in [0.717, 1.165) is 12.1 Å². The molecule has 3 aromatic rings. The van der Waals surface area contributed by atoms with Crippen LogP contribution in [0, 0.1) is 10.1 Å². The molecule has 0 radical (unpaired) electrons. The van der Waals surface area contributed by atoms with Crippen molar-refractivity contribution < 1.29 is 22.8 Å². The predicted molar refractivity (Wildman–Crippen MR) is 79.5 cm³/mol. The fraction of sp³-hybridized carbons (Fsp3) is 0.133. The van der Waals surface area contributed by atoms with E-state index < -0.39 is 11.3 Å². The number of benzene rings is 2. The first-order chi connectivity index (χ1) is 11.2. The van der Waals surface area contributed by atoms with Gasteiger partial charge in [-0.2, -0.15) is 0 Å². The van der Waals surface area contributed by atoms with Crippen molar-refractivity contribution in [2.24, 2.45) is 7.05 Å². The Kier molecular flexibility index (Phi) is 3.63. The van der Waals surface area contributed by atoms with Gasteiger partial charge in [-0.3, -0.25) is 10.1 Å². The van der Waals surface area contributed by atoms with E-state index in [1.54, 1.807) is 11.6 Å². The number of nitro groups is 1. The van der Waals surface area contributed by atoms with E-state index in [0.29, 0.717) is 22.2 Å². The molecule has 0 N–H and O–H groups in total. The molecule has 0 amide bonds. The Balaban J connectivity index is 2.10. The first-order valence-corrected chi connectivity index (χ1v) is 6.70. The van der Waals surface area contributed by atoms with Crippen molar-refractivity contribution in [3.05, 3.63) is 52.8 Å². The number of imidazole rings is 1. The quantitative estimate of drug-likeness (QED) is 0.534. The number of hydrogen-bond donors (Lipinski definition) is 0. The van der Waals surface area contributed by atoms with Crippen molar-refractivity contribution in [1.29, 1.82) is 0 Å². The van der Waals surface area contributed by atoms with Gasteiger partial charge in [-0.1, -0.05) is 12.1 Å². The standard InChI is InChI=1S/C15H10F3N3O3/c1-20-8-19-14-12(6-10(21(22)23)7-13(14)20)9-2-4-11(5-3-9)24-15(16,17)18/h2-8H,1H3. The second-order valence-corrected chi connectivity index (χ2v) is 5.05. The summed E-state index contributed by atoms with van der Waals surface area (Å²) in [6.45, 7) is 0. The van der Waals surface area contributed by atoms with Gasteiger partial charge in [-0.05, 0) is 17.7 Å². The molecule has 124 valence electrons. The summed E-state index contributed by atoms with van der Waals surface area (Å²) >= 11 is 0. The van der Waals surface area contributed by atoms with Gasteiger partial charge in [0.15, 0.2) is 0 Å². The van der Waals surface area contributed by atoms with Crippen molar-refractivity contribution in [2.45, 2.75) is 6.36 Å². The smallest absolute Gasteiger partial charge is 0.406 e. The lowest BCUT2D eigenvalue weighted by atomic mass is 10.0. The molecule has 0 bridgehead atoms. The first kappa shape index (κ1) is 15.8. The second kappa shape index (κ2) is 5.52. The minimum atomic E-state index is -4.78. The zero-order chi connectivity index (χ0) is 17.5. The van der Waals surface area contributed by atoms with Gasteiger partial charge in [-0.15, -0.1) is 13.2 Å². The number of fused-ring (bicyclic) bond motifs is 1. The summed E-state index contributed by atoms with van der Waals surface area (Å²) in [4.78, 5) is 14.8. The van der Waals surface area contributed by atoms with Crippen molar-refractivity contribution in [1.82, 2.24) is 9.55 Å². The van der Waals surface area contributed by atoms with Crippen molar-refractivity contribution in [2.75, 3.05) is 0 Å². The lowest BCUT2D eigenvalue weighted by molar-refractivity contribution is -0.384. The zero-order valence-corrected chi connectivity index (χ0v) is 12.2. The van der Waals surface area contributed by atoms with Crippen LogP contribution in [0.15, 0.2) is 42.7 Å². The van der Waals surface area contributed by atoms with Crippen LogP contribution < -0.4 is 4.74 Å². The minimum Gasteiger partial charge on any atom is -0.406 e. The zero-order valence-electron chi connectivity index (χ0n) is 12.2. The third-order valence-corrected chi connectivity index (χ3v) is 3.42. The average molecular weight is 337 g/mol. The number of halogens is 3. The summed E-state index contributed by atoms with van der Waals surface area (Å²) in [5.41, 5.74) is 1.90. The van der Waals surface area contributed by atoms with Crippen LogP contribution in [0.25, 0.3) is 22.2 Å². The Morgan fingerprint density at radius 3 is 2.46 bits per heavy atom.